The van der Waals surface area contributed by atoms with E-state index in [1.54, 1.807) is 0 Å². The van der Waals surface area contributed by atoms with Crippen molar-refractivity contribution in [3.8, 4) is 0 Å². The minimum absolute atomic E-state index is 0.163. The van der Waals surface area contributed by atoms with Crippen LogP contribution in [-0.4, -0.2) is 23.6 Å². The molecule has 0 radical (unpaired) electrons. The quantitative estimate of drug-likeness (QED) is 0.912. The summed E-state index contributed by atoms with van der Waals surface area (Å²) in [5, 5.41) is 4.73. The van der Waals surface area contributed by atoms with Crippen LogP contribution in [0.4, 0.5) is 5.13 Å². The van der Waals surface area contributed by atoms with Crippen LogP contribution >= 0.6 is 11.3 Å². The maximum Gasteiger partial charge on any atom is 0.185 e. The lowest BCUT2D eigenvalue weighted by Crippen LogP contribution is -2.34. The van der Waals surface area contributed by atoms with Gasteiger partial charge in [-0.25, -0.2) is 4.98 Å². The average molecular weight is 295 g/mol. The summed E-state index contributed by atoms with van der Waals surface area (Å²) < 4.78 is 0. The largest absolute Gasteiger partial charge is 0.348 e. The van der Waals surface area contributed by atoms with Crippen molar-refractivity contribution in [2.75, 3.05) is 18.0 Å². The molecule has 0 atom stereocenters. The van der Waals surface area contributed by atoms with Gasteiger partial charge in [0.1, 0.15) is 0 Å². The molecule has 0 saturated carbocycles. The normalized spacial score (nSPS) is 19.9. The molecule has 0 amide bonds. The zero-order valence-electron chi connectivity index (χ0n) is 13.6. The predicted octanol–water partition coefficient (Wildman–Crippen LogP) is 4.05. The molecule has 0 spiro atoms. The van der Waals surface area contributed by atoms with Gasteiger partial charge in [-0.3, -0.25) is 0 Å². The van der Waals surface area contributed by atoms with E-state index in [-0.39, 0.29) is 5.54 Å². The van der Waals surface area contributed by atoms with E-state index < -0.39 is 0 Å². The summed E-state index contributed by atoms with van der Waals surface area (Å²) >= 11 is 1.84. The molecular formula is C16H29N3S. The Bertz CT molecular complexity index is 431. The highest BCUT2D eigenvalue weighted by molar-refractivity contribution is 7.15. The first-order chi connectivity index (χ1) is 9.25. The highest BCUT2D eigenvalue weighted by Gasteiger charge is 2.24. The van der Waals surface area contributed by atoms with Crippen molar-refractivity contribution in [1.82, 2.24) is 10.3 Å². The molecule has 1 saturated heterocycles. The van der Waals surface area contributed by atoms with Crippen molar-refractivity contribution < 1.29 is 0 Å². The third kappa shape index (κ3) is 4.74. The summed E-state index contributed by atoms with van der Waals surface area (Å²) in [6.45, 7) is 14.6. The van der Waals surface area contributed by atoms with Gasteiger partial charge in [-0.15, -0.1) is 11.3 Å². The maximum atomic E-state index is 4.63. The monoisotopic (exact) mass is 295 g/mol. The topological polar surface area (TPSA) is 28.2 Å². The van der Waals surface area contributed by atoms with E-state index in [1.807, 2.05) is 17.5 Å². The predicted molar refractivity (Wildman–Crippen MR) is 88.6 cm³/mol. The fourth-order valence-corrected chi connectivity index (χ4v) is 3.39. The summed E-state index contributed by atoms with van der Waals surface area (Å²) in [5.41, 5.74) is 0.652. The molecule has 4 heteroatoms. The number of anilines is 1. The van der Waals surface area contributed by atoms with Crippen LogP contribution in [0, 0.1) is 5.41 Å². The van der Waals surface area contributed by atoms with E-state index in [4.69, 9.17) is 0 Å². The van der Waals surface area contributed by atoms with Crippen LogP contribution in [0.15, 0.2) is 6.20 Å². The molecule has 0 bridgehead atoms. The van der Waals surface area contributed by atoms with Gasteiger partial charge in [0.15, 0.2) is 5.13 Å². The van der Waals surface area contributed by atoms with Crippen molar-refractivity contribution in [2.24, 2.45) is 5.41 Å². The van der Waals surface area contributed by atoms with E-state index in [0.717, 1.165) is 19.6 Å². The second kappa shape index (κ2) is 6.02. The van der Waals surface area contributed by atoms with E-state index in [1.165, 1.54) is 29.3 Å². The van der Waals surface area contributed by atoms with Crippen LogP contribution in [0.2, 0.25) is 0 Å². The number of nitrogens with zero attached hydrogens (tertiary/aromatic N) is 2. The van der Waals surface area contributed by atoms with Gasteiger partial charge < -0.3 is 10.2 Å². The van der Waals surface area contributed by atoms with Gasteiger partial charge in [-0.1, -0.05) is 13.8 Å². The zero-order chi connectivity index (χ0) is 14.8. The third-order valence-corrected chi connectivity index (χ3v) is 5.00. The Morgan fingerprint density at radius 1 is 1.30 bits per heavy atom. The van der Waals surface area contributed by atoms with Crippen molar-refractivity contribution >= 4 is 16.5 Å². The van der Waals surface area contributed by atoms with Crippen LogP contribution in [-0.2, 0) is 6.54 Å². The van der Waals surface area contributed by atoms with E-state index in [0.29, 0.717) is 5.41 Å². The van der Waals surface area contributed by atoms with E-state index in [2.05, 4.69) is 49.8 Å². The summed E-state index contributed by atoms with van der Waals surface area (Å²) in [7, 11) is 0. The molecule has 1 fully saturated rings. The molecule has 1 N–H and O–H groups in total. The van der Waals surface area contributed by atoms with Gasteiger partial charge in [0.25, 0.3) is 0 Å². The smallest absolute Gasteiger partial charge is 0.185 e. The Morgan fingerprint density at radius 3 is 2.75 bits per heavy atom. The van der Waals surface area contributed by atoms with Crippen molar-refractivity contribution in [3.05, 3.63) is 11.1 Å². The lowest BCUT2D eigenvalue weighted by molar-refractivity contribution is 0.325. The Kier molecular flexibility index (Phi) is 4.75. The molecule has 0 aliphatic carbocycles. The number of hydrogen-bond donors (Lipinski definition) is 1. The molecule has 0 unspecified atom stereocenters. The molecule has 1 aromatic rings. The van der Waals surface area contributed by atoms with Gasteiger partial charge >= 0.3 is 0 Å². The molecule has 1 aromatic heterocycles. The van der Waals surface area contributed by atoms with Crippen LogP contribution in [0.5, 0.6) is 0 Å². The number of aromatic nitrogens is 1. The molecule has 3 nitrogen and oxygen atoms in total. The average Bonchev–Trinajstić information content (AvgIpc) is 2.71. The second-order valence-electron chi connectivity index (χ2n) is 7.72. The second-order valence-corrected chi connectivity index (χ2v) is 8.81. The van der Waals surface area contributed by atoms with Crippen molar-refractivity contribution in [1.29, 1.82) is 0 Å². The number of nitrogens with one attached hydrogen (secondary N) is 1. The molecule has 2 rings (SSSR count). The summed E-state index contributed by atoms with van der Waals surface area (Å²) in [4.78, 5) is 8.44. The van der Waals surface area contributed by atoms with Crippen molar-refractivity contribution in [3.63, 3.8) is 0 Å². The number of hydrogen-bond acceptors (Lipinski definition) is 4. The van der Waals surface area contributed by atoms with Gasteiger partial charge in [-0.2, -0.15) is 0 Å². The summed E-state index contributed by atoms with van der Waals surface area (Å²) in [6.07, 6.45) is 5.91. The standard InChI is InChI=1S/C16H29N3S/c1-15(2,3)18-12-13-11-17-14(20-13)19-9-6-7-16(4,5)8-10-19/h11,18H,6-10,12H2,1-5H3. The van der Waals surface area contributed by atoms with Gasteiger partial charge in [0.05, 0.1) is 0 Å². The fraction of sp³-hybridized carbons (Fsp3) is 0.812. The molecule has 0 aromatic carbocycles. The van der Waals surface area contributed by atoms with Crippen molar-refractivity contribution in [2.45, 2.75) is 66.0 Å². The Labute approximate surface area is 127 Å². The van der Waals surface area contributed by atoms with E-state index in [9.17, 15) is 0 Å². The Balaban J connectivity index is 1.95. The van der Waals surface area contributed by atoms with Gasteiger partial charge in [0.2, 0.25) is 0 Å². The van der Waals surface area contributed by atoms with E-state index >= 15 is 0 Å². The fourth-order valence-electron chi connectivity index (χ4n) is 2.49. The third-order valence-electron chi connectivity index (χ3n) is 3.94. The lowest BCUT2D eigenvalue weighted by Gasteiger charge is -2.23. The molecule has 1 aliphatic heterocycles. The molecule has 2 heterocycles. The molecule has 20 heavy (non-hydrogen) atoms. The lowest BCUT2D eigenvalue weighted by atomic mass is 9.85. The van der Waals surface area contributed by atoms with Gasteiger partial charge in [-0.05, 0) is 45.4 Å². The Morgan fingerprint density at radius 2 is 2.05 bits per heavy atom. The summed E-state index contributed by atoms with van der Waals surface area (Å²) in [6, 6.07) is 0. The van der Waals surface area contributed by atoms with Gasteiger partial charge in [0, 0.05) is 36.2 Å². The first-order valence-electron chi connectivity index (χ1n) is 7.70. The Hall–Kier alpha value is -0.610. The number of rotatable bonds is 3. The maximum absolute atomic E-state index is 4.63. The van der Waals surface area contributed by atoms with Crippen LogP contribution in [0.1, 0.15) is 58.8 Å². The number of thiazole rings is 1. The highest BCUT2D eigenvalue weighted by Crippen LogP contribution is 2.33. The molecule has 114 valence electrons. The van der Waals surface area contributed by atoms with Crippen LogP contribution < -0.4 is 10.2 Å². The minimum atomic E-state index is 0.163. The summed E-state index contributed by atoms with van der Waals surface area (Å²) in [5.74, 6) is 0. The van der Waals surface area contributed by atoms with Crippen LogP contribution in [0.25, 0.3) is 0 Å². The van der Waals surface area contributed by atoms with Crippen LogP contribution in [0.3, 0.4) is 0 Å². The first-order valence-corrected chi connectivity index (χ1v) is 8.52. The highest BCUT2D eigenvalue weighted by atomic mass is 32.1. The molecule has 1 aliphatic rings. The SMILES string of the molecule is CC1(C)CCCN(c2ncc(CNC(C)(C)C)s2)CC1. The molecular weight excluding hydrogens is 266 g/mol. The zero-order valence-corrected chi connectivity index (χ0v) is 14.4. The minimum Gasteiger partial charge on any atom is -0.348 e. The first kappa shape index (κ1) is 15.8.